The fourth-order valence-electron chi connectivity index (χ4n) is 1.35. The fraction of sp³-hybridized carbons (Fsp3) is 0.444. The van der Waals surface area contributed by atoms with Gasteiger partial charge in [0.1, 0.15) is 0 Å². The lowest BCUT2D eigenvalue weighted by atomic mass is 10.4. The molecule has 1 fully saturated rings. The highest BCUT2D eigenvalue weighted by atomic mass is 32.1. The Bertz CT molecular complexity index is 519. The molecule has 8 heteroatoms. The minimum atomic E-state index is -0.281. The van der Waals surface area contributed by atoms with E-state index >= 15 is 0 Å². The lowest BCUT2D eigenvalue weighted by Crippen LogP contribution is -2.23. The van der Waals surface area contributed by atoms with Gasteiger partial charge in [0.05, 0.1) is 6.54 Å². The number of hydrogen-bond donors (Lipinski definition) is 1. The Balaban J connectivity index is 1.58. The first-order valence-electron chi connectivity index (χ1n) is 5.20. The molecule has 88 valence electrons. The van der Waals surface area contributed by atoms with Crippen LogP contribution in [0.3, 0.4) is 0 Å². The van der Waals surface area contributed by atoms with E-state index in [1.165, 1.54) is 0 Å². The van der Waals surface area contributed by atoms with Crippen LogP contribution in [0.15, 0.2) is 9.90 Å². The average molecular weight is 251 g/mol. The van der Waals surface area contributed by atoms with Gasteiger partial charge in [0.15, 0.2) is 11.5 Å². The number of aromatic nitrogens is 4. The van der Waals surface area contributed by atoms with Crippen molar-refractivity contribution in [2.45, 2.75) is 25.3 Å². The predicted octanol–water partition coefficient (Wildman–Crippen LogP) is 0.728. The largest absolute Gasteiger partial charge is 0.343 e. The Morgan fingerprint density at radius 1 is 1.59 bits per heavy atom. The van der Waals surface area contributed by atoms with Crippen LogP contribution < -0.4 is 5.32 Å². The molecule has 0 saturated heterocycles. The van der Waals surface area contributed by atoms with E-state index in [0.717, 1.165) is 24.4 Å². The SMILES string of the molecule is O=C(NCc1noc(C2CC2)n1)c1csnn1. The molecule has 0 radical (unpaired) electrons. The van der Waals surface area contributed by atoms with Gasteiger partial charge in [-0.05, 0) is 24.4 Å². The smallest absolute Gasteiger partial charge is 0.273 e. The average Bonchev–Trinajstić information content (AvgIpc) is 2.88. The van der Waals surface area contributed by atoms with E-state index < -0.39 is 0 Å². The topological polar surface area (TPSA) is 93.8 Å². The minimum absolute atomic E-state index is 0.243. The molecule has 2 aromatic rings. The number of nitrogens with zero attached hydrogens (tertiary/aromatic N) is 4. The normalized spacial score (nSPS) is 14.8. The summed E-state index contributed by atoms with van der Waals surface area (Å²) in [6, 6.07) is 0. The van der Waals surface area contributed by atoms with Crippen molar-refractivity contribution in [3.05, 3.63) is 22.8 Å². The number of nitrogens with one attached hydrogen (secondary N) is 1. The van der Waals surface area contributed by atoms with E-state index in [9.17, 15) is 4.79 Å². The highest BCUT2D eigenvalue weighted by Gasteiger charge is 2.29. The molecule has 2 heterocycles. The zero-order valence-corrected chi connectivity index (χ0v) is 9.61. The Labute approximate surface area is 100 Å². The molecule has 1 saturated carbocycles. The molecule has 0 unspecified atom stereocenters. The zero-order chi connectivity index (χ0) is 11.7. The van der Waals surface area contributed by atoms with Crippen molar-refractivity contribution >= 4 is 17.4 Å². The van der Waals surface area contributed by atoms with E-state index in [2.05, 4.69) is 25.0 Å². The van der Waals surface area contributed by atoms with Crippen molar-refractivity contribution in [2.75, 3.05) is 0 Å². The van der Waals surface area contributed by atoms with Crippen LogP contribution in [0.4, 0.5) is 0 Å². The maximum atomic E-state index is 11.5. The molecule has 1 aliphatic rings. The molecule has 0 aliphatic heterocycles. The summed E-state index contributed by atoms with van der Waals surface area (Å²) in [7, 11) is 0. The van der Waals surface area contributed by atoms with E-state index in [-0.39, 0.29) is 12.5 Å². The van der Waals surface area contributed by atoms with Crippen LogP contribution in [0.25, 0.3) is 0 Å². The molecule has 0 spiro atoms. The van der Waals surface area contributed by atoms with Crippen LogP contribution in [0, 0.1) is 0 Å². The van der Waals surface area contributed by atoms with E-state index in [1.54, 1.807) is 5.38 Å². The van der Waals surface area contributed by atoms with Gasteiger partial charge in [-0.3, -0.25) is 4.79 Å². The van der Waals surface area contributed by atoms with Gasteiger partial charge < -0.3 is 9.84 Å². The molecule has 0 bridgehead atoms. The molecule has 0 atom stereocenters. The van der Waals surface area contributed by atoms with E-state index in [1.807, 2.05) is 0 Å². The van der Waals surface area contributed by atoms with Crippen LogP contribution in [0.1, 0.15) is 41.0 Å². The third-order valence-electron chi connectivity index (χ3n) is 2.41. The van der Waals surface area contributed by atoms with Gasteiger partial charge in [-0.25, -0.2) is 0 Å². The third-order valence-corrected chi connectivity index (χ3v) is 2.91. The van der Waals surface area contributed by atoms with Crippen molar-refractivity contribution in [1.29, 1.82) is 0 Å². The van der Waals surface area contributed by atoms with Gasteiger partial charge in [-0.1, -0.05) is 9.64 Å². The molecule has 2 aromatic heterocycles. The van der Waals surface area contributed by atoms with Crippen molar-refractivity contribution in [1.82, 2.24) is 25.0 Å². The predicted molar refractivity (Wildman–Crippen MR) is 57.4 cm³/mol. The third kappa shape index (κ3) is 2.31. The first-order valence-corrected chi connectivity index (χ1v) is 6.04. The van der Waals surface area contributed by atoms with Gasteiger partial charge in [0.25, 0.3) is 5.91 Å². The number of carbonyl (C=O) groups excluding carboxylic acids is 1. The molecule has 3 rings (SSSR count). The van der Waals surface area contributed by atoms with Crippen LogP contribution in [-0.2, 0) is 6.54 Å². The molecular formula is C9H9N5O2S. The van der Waals surface area contributed by atoms with E-state index in [4.69, 9.17) is 4.52 Å². The lowest BCUT2D eigenvalue weighted by molar-refractivity contribution is 0.0944. The summed E-state index contributed by atoms with van der Waals surface area (Å²) in [5.41, 5.74) is 0.306. The summed E-state index contributed by atoms with van der Waals surface area (Å²) in [4.78, 5) is 15.7. The monoisotopic (exact) mass is 251 g/mol. The summed E-state index contributed by atoms with van der Waals surface area (Å²) < 4.78 is 8.69. The molecule has 1 N–H and O–H groups in total. The number of rotatable bonds is 4. The molecule has 1 aliphatic carbocycles. The van der Waals surface area contributed by atoms with Gasteiger partial charge in [-0.15, -0.1) is 5.10 Å². The summed E-state index contributed by atoms with van der Waals surface area (Å²) in [6.07, 6.45) is 2.22. The van der Waals surface area contributed by atoms with Crippen molar-refractivity contribution < 1.29 is 9.32 Å². The highest BCUT2D eigenvalue weighted by molar-refractivity contribution is 7.03. The van der Waals surface area contributed by atoms with Crippen LogP contribution in [0.2, 0.25) is 0 Å². The summed E-state index contributed by atoms with van der Waals surface area (Å²) in [6.45, 7) is 0.243. The van der Waals surface area contributed by atoms with Crippen molar-refractivity contribution in [3.8, 4) is 0 Å². The quantitative estimate of drug-likeness (QED) is 0.860. The Morgan fingerprint density at radius 3 is 3.18 bits per heavy atom. The Morgan fingerprint density at radius 2 is 2.47 bits per heavy atom. The second-order valence-corrected chi connectivity index (χ2v) is 4.41. The molecule has 0 aromatic carbocycles. The Kier molecular flexibility index (Phi) is 2.56. The van der Waals surface area contributed by atoms with Gasteiger partial charge in [0, 0.05) is 11.3 Å². The zero-order valence-electron chi connectivity index (χ0n) is 8.79. The standard InChI is InChI=1S/C9H9N5O2S/c15-8(6-4-17-14-12-6)10-3-7-11-9(16-13-7)5-1-2-5/h4-5H,1-3H2,(H,10,15). The van der Waals surface area contributed by atoms with Gasteiger partial charge in [-0.2, -0.15) is 4.98 Å². The Hall–Kier alpha value is -1.83. The van der Waals surface area contributed by atoms with Crippen LogP contribution >= 0.6 is 11.5 Å². The highest BCUT2D eigenvalue weighted by Crippen LogP contribution is 2.38. The molecule has 1 amide bonds. The first-order chi connectivity index (χ1) is 8.33. The maximum absolute atomic E-state index is 11.5. The number of hydrogen-bond acceptors (Lipinski definition) is 7. The van der Waals surface area contributed by atoms with Crippen LogP contribution in [-0.4, -0.2) is 25.6 Å². The maximum Gasteiger partial charge on any atom is 0.273 e. The number of amides is 1. The van der Waals surface area contributed by atoms with Gasteiger partial charge >= 0.3 is 0 Å². The van der Waals surface area contributed by atoms with Gasteiger partial charge in [0.2, 0.25) is 5.89 Å². The second-order valence-electron chi connectivity index (χ2n) is 3.80. The summed E-state index contributed by atoms with van der Waals surface area (Å²) in [5.74, 6) is 1.30. The van der Waals surface area contributed by atoms with Crippen LogP contribution in [0.5, 0.6) is 0 Å². The lowest BCUT2D eigenvalue weighted by Gasteiger charge is -1.97. The van der Waals surface area contributed by atoms with Crippen molar-refractivity contribution in [2.24, 2.45) is 0 Å². The summed E-state index contributed by atoms with van der Waals surface area (Å²) >= 11 is 1.13. The second kappa shape index (κ2) is 4.21. The number of carbonyl (C=O) groups is 1. The molecular weight excluding hydrogens is 242 g/mol. The van der Waals surface area contributed by atoms with Crippen molar-refractivity contribution in [3.63, 3.8) is 0 Å². The fourth-order valence-corrected chi connectivity index (χ4v) is 1.79. The molecule has 17 heavy (non-hydrogen) atoms. The van der Waals surface area contributed by atoms with E-state index in [0.29, 0.717) is 23.3 Å². The first kappa shape index (κ1) is 10.3. The minimum Gasteiger partial charge on any atom is -0.343 e. The summed E-state index contributed by atoms with van der Waals surface area (Å²) in [5, 5.41) is 11.7. The molecule has 7 nitrogen and oxygen atoms in total.